The van der Waals surface area contributed by atoms with Gasteiger partial charge in [-0.1, -0.05) is 32.9 Å². The Hall–Kier alpha value is -1.51. The molecule has 0 saturated carbocycles. The third kappa shape index (κ3) is 3.77. The Labute approximate surface area is 102 Å². The Kier molecular flexibility index (Phi) is 4.16. The molecular weight excluding hydrogens is 216 g/mol. The molecule has 0 atom stereocenters. The van der Waals surface area contributed by atoms with Gasteiger partial charge in [-0.05, 0) is 29.5 Å². The first kappa shape index (κ1) is 13.6. The van der Waals surface area contributed by atoms with E-state index in [0.29, 0.717) is 6.61 Å². The fourth-order valence-corrected chi connectivity index (χ4v) is 1.73. The van der Waals surface area contributed by atoms with Gasteiger partial charge < -0.3 is 9.84 Å². The normalized spacial score (nSPS) is 11.3. The van der Waals surface area contributed by atoms with Crippen LogP contribution in [0.15, 0.2) is 18.2 Å². The van der Waals surface area contributed by atoms with Crippen molar-refractivity contribution in [1.29, 1.82) is 0 Å². The molecule has 0 saturated heterocycles. The number of carboxylic acids is 1. The van der Waals surface area contributed by atoms with Crippen LogP contribution in [0, 0.1) is 0 Å². The Balaban J connectivity index is 3.14. The van der Waals surface area contributed by atoms with Crippen LogP contribution in [0.2, 0.25) is 0 Å². The molecule has 0 bridgehead atoms. The maximum Gasteiger partial charge on any atom is 0.307 e. The van der Waals surface area contributed by atoms with E-state index in [4.69, 9.17) is 9.84 Å². The van der Waals surface area contributed by atoms with Crippen LogP contribution in [0.1, 0.15) is 38.8 Å². The molecule has 0 radical (unpaired) electrons. The predicted octanol–water partition coefficient (Wildman–Crippen LogP) is 3.01. The van der Waals surface area contributed by atoms with Gasteiger partial charge in [-0.2, -0.15) is 0 Å². The standard InChI is InChI=1S/C14H20O3/c1-5-17-12-7-6-10(9-13(15)16)8-11(12)14(2,3)4/h6-8H,5,9H2,1-4H3,(H,15,16). The molecule has 0 fully saturated rings. The van der Waals surface area contributed by atoms with E-state index in [2.05, 4.69) is 20.8 Å². The Morgan fingerprint density at radius 3 is 2.47 bits per heavy atom. The van der Waals surface area contributed by atoms with Crippen molar-refractivity contribution < 1.29 is 14.6 Å². The smallest absolute Gasteiger partial charge is 0.307 e. The van der Waals surface area contributed by atoms with Crippen LogP contribution < -0.4 is 4.74 Å². The van der Waals surface area contributed by atoms with E-state index >= 15 is 0 Å². The molecule has 1 aromatic carbocycles. The zero-order chi connectivity index (χ0) is 13.1. The zero-order valence-electron chi connectivity index (χ0n) is 10.9. The van der Waals surface area contributed by atoms with Crippen LogP contribution in [0.3, 0.4) is 0 Å². The molecule has 17 heavy (non-hydrogen) atoms. The Bertz CT molecular complexity index is 402. The summed E-state index contributed by atoms with van der Waals surface area (Å²) >= 11 is 0. The van der Waals surface area contributed by atoms with E-state index < -0.39 is 5.97 Å². The molecule has 3 nitrogen and oxygen atoms in total. The molecule has 0 unspecified atom stereocenters. The average molecular weight is 236 g/mol. The summed E-state index contributed by atoms with van der Waals surface area (Å²) in [5, 5.41) is 8.80. The van der Waals surface area contributed by atoms with Gasteiger partial charge in [0, 0.05) is 0 Å². The molecule has 0 aliphatic rings. The number of ether oxygens (including phenoxy) is 1. The summed E-state index contributed by atoms with van der Waals surface area (Å²) in [5.41, 5.74) is 1.81. The predicted molar refractivity (Wildman–Crippen MR) is 67.7 cm³/mol. The first-order chi connectivity index (χ1) is 7.84. The van der Waals surface area contributed by atoms with Crippen LogP contribution in [0.4, 0.5) is 0 Å². The van der Waals surface area contributed by atoms with Crippen LogP contribution in [-0.2, 0) is 16.6 Å². The van der Waals surface area contributed by atoms with Gasteiger partial charge in [-0.3, -0.25) is 4.79 Å². The molecule has 0 spiro atoms. The molecular formula is C14H20O3. The van der Waals surface area contributed by atoms with Crippen molar-refractivity contribution in [3.8, 4) is 5.75 Å². The second kappa shape index (κ2) is 5.21. The zero-order valence-corrected chi connectivity index (χ0v) is 10.9. The lowest BCUT2D eigenvalue weighted by atomic mass is 9.85. The molecule has 3 heteroatoms. The van der Waals surface area contributed by atoms with Crippen molar-refractivity contribution >= 4 is 5.97 Å². The van der Waals surface area contributed by atoms with Crippen molar-refractivity contribution in [2.75, 3.05) is 6.61 Å². The molecule has 0 aliphatic carbocycles. The molecule has 1 rings (SSSR count). The Morgan fingerprint density at radius 1 is 1.35 bits per heavy atom. The largest absolute Gasteiger partial charge is 0.494 e. The van der Waals surface area contributed by atoms with Gasteiger partial charge in [-0.25, -0.2) is 0 Å². The maximum atomic E-state index is 10.7. The van der Waals surface area contributed by atoms with E-state index in [-0.39, 0.29) is 11.8 Å². The number of hydrogen-bond donors (Lipinski definition) is 1. The first-order valence-electron chi connectivity index (χ1n) is 5.82. The van der Waals surface area contributed by atoms with Crippen molar-refractivity contribution in [3.05, 3.63) is 29.3 Å². The van der Waals surface area contributed by atoms with E-state index in [9.17, 15) is 4.79 Å². The SMILES string of the molecule is CCOc1ccc(CC(=O)O)cc1C(C)(C)C. The van der Waals surface area contributed by atoms with Crippen molar-refractivity contribution in [3.63, 3.8) is 0 Å². The molecule has 0 heterocycles. The summed E-state index contributed by atoms with van der Waals surface area (Å²) in [4.78, 5) is 10.7. The molecule has 94 valence electrons. The van der Waals surface area contributed by atoms with Crippen LogP contribution >= 0.6 is 0 Å². The van der Waals surface area contributed by atoms with Crippen LogP contribution in [0.5, 0.6) is 5.75 Å². The minimum Gasteiger partial charge on any atom is -0.494 e. The topological polar surface area (TPSA) is 46.5 Å². The number of rotatable bonds is 4. The molecule has 1 aromatic rings. The summed E-state index contributed by atoms with van der Waals surface area (Å²) in [7, 11) is 0. The quantitative estimate of drug-likeness (QED) is 0.874. The fraction of sp³-hybridized carbons (Fsp3) is 0.500. The van der Waals surface area contributed by atoms with Crippen molar-refractivity contribution in [2.45, 2.75) is 39.5 Å². The van der Waals surface area contributed by atoms with Gasteiger partial charge in [0.15, 0.2) is 0 Å². The summed E-state index contributed by atoms with van der Waals surface area (Å²) in [6.07, 6.45) is 0.0511. The van der Waals surface area contributed by atoms with Crippen molar-refractivity contribution in [1.82, 2.24) is 0 Å². The van der Waals surface area contributed by atoms with Gasteiger partial charge in [0.2, 0.25) is 0 Å². The highest BCUT2D eigenvalue weighted by molar-refractivity contribution is 5.70. The highest BCUT2D eigenvalue weighted by atomic mass is 16.5. The minimum atomic E-state index is -0.811. The third-order valence-electron chi connectivity index (χ3n) is 2.51. The Morgan fingerprint density at radius 2 is 2.00 bits per heavy atom. The number of aliphatic carboxylic acids is 1. The van der Waals surface area contributed by atoms with Gasteiger partial charge in [0.1, 0.15) is 5.75 Å². The number of carboxylic acid groups (broad SMARTS) is 1. The lowest BCUT2D eigenvalue weighted by Crippen LogP contribution is -2.14. The van der Waals surface area contributed by atoms with Crippen LogP contribution in [0.25, 0.3) is 0 Å². The van der Waals surface area contributed by atoms with Gasteiger partial charge in [-0.15, -0.1) is 0 Å². The molecule has 0 aliphatic heterocycles. The lowest BCUT2D eigenvalue weighted by Gasteiger charge is -2.23. The van der Waals surface area contributed by atoms with E-state index in [1.54, 1.807) is 0 Å². The molecule has 0 aromatic heterocycles. The van der Waals surface area contributed by atoms with Gasteiger partial charge in [0.25, 0.3) is 0 Å². The number of hydrogen-bond acceptors (Lipinski definition) is 2. The average Bonchev–Trinajstić information content (AvgIpc) is 2.18. The summed E-state index contributed by atoms with van der Waals surface area (Å²) in [6, 6.07) is 5.61. The first-order valence-corrected chi connectivity index (χ1v) is 5.82. The monoisotopic (exact) mass is 236 g/mol. The summed E-state index contributed by atoms with van der Waals surface area (Å²) in [5.74, 6) is 0.0307. The fourth-order valence-electron chi connectivity index (χ4n) is 1.73. The lowest BCUT2D eigenvalue weighted by molar-refractivity contribution is -0.136. The second-order valence-electron chi connectivity index (χ2n) is 5.08. The van der Waals surface area contributed by atoms with E-state index in [1.807, 2.05) is 25.1 Å². The second-order valence-corrected chi connectivity index (χ2v) is 5.08. The maximum absolute atomic E-state index is 10.7. The van der Waals surface area contributed by atoms with E-state index in [1.165, 1.54) is 0 Å². The highest BCUT2D eigenvalue weighted by Gasteiger charge is 2.19. The van der Waals surface area contributed by atoms with Gasteiger partial charge >= 0.3 is 5.97 Å². The highest BCUT2D eigenvalue weighted by Crippen LogP contribution is 2.32. The number of benzene rings is 1. The third-order valence-corrected chi connectivity index (χ3v) is 2.51. The molecule has 1 N–H and O–H groups in total. The summed E-state index contributed by atoms with van der Waals surface area (Å²) in [6.45, 7) is 8.83. The minimum absolute atomic E-state index is 0.0511. The summed E-state index contributed by atoms with van der Waals surface area (Å²) < 4.78 is 5.58. The van der Waals surface area contributed by atoms with Gasteiger partial charge in [0.05, 0.1) is 13.0 Å². The molecule has 0 amide bonds. The van der Waals surface area contributed by atoms with Crippen molar-refractivity contribution in [2.24, 2.45) is 0 Å². The van der Waals surface area contributed by atoms with E-state index in [0.717, 1.165) is 16.9 Å². The number of carbonyl (C=O) groups is 1. The van der Waals surface area contributed by atoms with Crippen LogP contribution in [-0.4, -0.2) is 17.7 Å².